The minimum Gasteiger partial charge on any atom is -0.493 e. The van der Waals surface area contributed by atoms with Crippen molar-refractivity contribution in [1.29, 1.82) is 0 Å². The number of nitro benzene ring substituents is 1. The summed E-state index contributed by atoms with van der Waals surface area (Å²) >= 11 is 9.70. The van der Waals surface area contributed by atoms with Crippen molar-refractivity contribution in [2.45, 2.75) is 6.54 Å². The van der Waals surface area contributed by atoms with Crippen LogP contribution < -0.4 is 4.74 Å². The highest BCUT2D eigenvalue weighted by atomic mass is 79.9. The Balaban J connectivity index is 1.56. The molecule has 1 aromatic heterocycles. The molecule has 4 aromatic rings. The van der Waals surface area contributed by atoms with E-state index in [9.17, 15) is 20.0 Å². The Morgan fingerprint density at radius 3 is 2.59 bits per heavy atom. The van der Waals surface area contributed by atoms with Crippen molar-refractivity contribution in [2.24, 2.45) is 10.2 Å². The summed E-state index contributed by atoms with van der Waals surface area (Å²) in [7, 11) is 0. The number of aromatic hydroxyl groups is 1. The number of hydrogen-bond donors (Lipinski definition) is 1. The number of ether oxygens (including phenoxy) is 1. The molecule has 0 saturated heterocycles. The van der Waals surface area contributed by atoms with Crippen molar-refractivity contribution in [2.75, 3.05) is 6.61 Å². The fourth-order valence-electron chi connectivity index (χ4n) is 3.30. The molecule has 34 heavy (non-hydrogen) atoms. The smallest absolute Gasteiger partial charge is 0.302 e. The van der Waals surface area contributed by atoms with Gasteiger partial charge < -0.3 is 14.4 Å². The van der Waals surface area contributed by atoms with Gasteiger partial charge in [0.1, 0.15) is 5.75 Å². The van der Waals surface area contributed by atoms with E-state index in [1.165, 1.54) is 24.3 Å². The largest absolute Gasteiger partial charge is 0.493 e. The maximum Gasteiger partial charge on any atom is 0.302 e. The number of nitrogens with zero attached hydrogens (tertiary/aromatic N) is 4. The first-order chi connectivity index (χ1) is 16.3. The number of nitro groups is 1. The SMILES string of the molecule is O=C(COc1ccc([N+](=O)[O-])cc1)N=Nc1c(O)n(Cc2ccccc2Cl)c2ccc(Br)cc12. The number of benzene rings is 3. The number of fused-ring (bicyclic) bond motifs is 1. The van der Waals surface area contributed by atoms with E-state index in [4.69, 9.17) is 16.3 Å². The highest BCUT2D eigenvalue weighted by molar-refractivity contribution is 9.10. The molecule has 3 aromatic carbocycles. The summed E-state index contributed by atoms with van der Waals surface area (Å²) in [6.07, 6.45) is 0. The summed E-state index contributed by atoms with van der Waals surface area (Å²) in [4.78, 5) is 22.4. The third-order valence-corrected chi connectivity index (χ3v) is 5.79. The Morgan fingerprint density at radius 1 is 1.15 bits per heavy atom. The van der Waals surface area contributed by atoms with Crippen LogP contribution >= 0.6 is 27.5 Å². The summed E-state index contributed by atoms with van der Waals surface area (Å²) in [5.41, 5.74) is 1.53. The molecule has 0 saturated carbocycles. The number of aromatic nitrogens is 1. The first kappa shape index (κ1) is 23.4. The van der Waals surface area contributed by atoms with Crippen LogP contribution in [0.4, 0.5) is 11.4 Å². The van der Waals surface area contributed by atoms with E-state index in [0.717, 1.165) is 10.0 Å². The molecule has 4 rings (SSSR count). The number of halogens is 2. The molecule has 0 bridgehead atoms. The van der Waals surface area contributed by atoms with E-state index in [2.05, 4.69) is 26.2 Å². The van der Waals surface area contributed by atoms with Crippen molar-refractivity contribution < 1.29 is 19.6 Å². The van der Waals surface area contributed by atoms with Crippen molar-refractivity contribution in [1.82, 2.24) is 4.57 Å². The molecule has 0 aliphatic rings. The number of carbonyl (C=O) groups excluding carboxylic acids is 1. The zero-order valence-electron chi connectivity index (χ0n) is 17.4. The predicted molar refractivity (Wildman–Crippen MR) is 130 cm³/mol. The van der Waals surface area contributed by atoms with E-state index in [0.29, 0.717) is 15.9 Å². The Hall–Kier alpha value is -3.76. The Bertz CT molecular complexity index is 1420. The molecule has 0 fully saturated rings. The van der Waals surface area contributed by atoms with Crippen molar-refractivity contribution in [3.8, 4) is 11.6 Å². The molecule has 0 radical (unpaired) electrons. The zero-order chi connectivity index (χ0) is 24.2. The molecule has 1 N–H and O–H groups in total. The first-order valence-corrected chi connectivity index (χ1v) is 11.1. The normalized spacial score (nSPS) is 11.2. The molecular formula is C23H16BrClN4O5. The van der Waals surface area contributed by atoms with Crippen LogP contribution in [0.5, 0.6) is 11.6 Å². The maximum atomic E-state index is 12.2. The fraction of sp³-hybridized carbons (Fsp3) is 0.0870. The Labute approximate surface area is 206 Å². The van der Waals surface area contributed by atoms with Crippen LogP contribution in [-0.4, -0.2) is 27.1 Å². The summed E-state index contributed by atoms with van der Waals surface area (Å²) < 4.78 is 7.71. The van der Waals surface area contributed by atoms with Gasteiger partial charge in [-0.15, -0.1) is 10.2 Å². The van der Waals surface area contributed by atoms with E-state index in [1.54, 1.807) is 16.7 Å². The van der Waals surface area contributed by atoms with Gasteiger partial charge in [0, 0.05) is 27.0 Å². The van der Waals surface area contributed by atoms with E-state index in [1.807, 2.05) is 30.3 Å². The summed E-state index contributed by atoms with van der Waals surface area (Å²) in [5, 5.41) is 30.4. The van der Waals surface area contributed by atoms with Gasteiger partial charge >= 0.3 is 5.91 Å². The van der Waals surface area contributed by atoms with Gasteiger partial charge in [-0.3, -0.25) is 14.9 Å². The van der Waals surface area contributed by atoms with Crippen LogP contribution in [0.3, 0.4) is 0 Å². The highest BCUT2D eigenvalue weighted by Crippen LogP contribution is 2.40. The summed E-state index contributed by atoms with van der Waals surface area (Å²) in [5.74, 6) is -0.585. The molecule has 0 aliphatic heterocycles. The van der Waals surface area contributed by atoms with Gasteiger partial charge in [-0.25, -0.2) is 0 Å². The molecule has 0 unspecified atom stereocenters. The number of non-ortho nitro benzene ring substituents is 1. The lowest BCUT2D eigenvalue weighted by molar-refractivity contribution is -0.384. The number of amides is 1. The average molecular weight is 544 g/mol. The highest BCUT2D eigenvalue weighted by Gasteiger charge is 2.18. The van der Waals surface area contributed by atoms with Crippen LogP contribution in [0.25, 0.3) is 10.9 Å². The zero-order valence-corrected chi connectivity index (χ0v) is 19.7. The monoisotopic (exact) mass is 542 g/mol. The molecule has 0 aliphatic carbocycles. The lowest BCUT2D eigenvalue weighted by Gasteiger charge is -2.08. The fourth-order valence-corrected chi connectivity index (χ4v) is 3.85. The van der Waals surface area contributed by atoms with Gasteiger partial charge in [-0.05, 0) is 42.0 Å². The van der Waals surface area contributed by atoms with Gasteiger partial charge in [0.2, 0.25) is 5.88 Å². The van der Waals surface area contributed by atoms with E-state index >= 15 is 0 Å². The Morgan fingerprint density at radius 2 is 1.88 bits per heavy atom. The number of azo groups is 1. The van der Waals surface area contributed by atoms with Crippen molar-refractivity contribution in [3.63, 3.8) is 0 Å². The number of carbonyl (C=O) groups is 1. The quantitative estimate of drug-likeness (QED) is 0.164. The van der Waals surface area contributed by atoms with Crippen LogP contribution in [0.15, 0.2) is 81.4 Å². The van der Waals surface area contributed by atoms with Crippen LogP contribution in [0.1, 0.15) is 5.56 Å². The third kappa shape index (κ3) is 5.08. The second kappa shape index (κ2) is 10.0. The van der Waals surface area contributed by atoms with Gasteiger partial charge in [-0.1, -0.05) is 45.7 Å². The van der Waals surface area contributed by atoms with Crippen LogP contribution in [0, 0.1) is 10.1 Å². The Kier molecular flexibility index (Phi) is 6.90. The van der Waals surface area contributed by atoms with Gasteiger partial charge in [0.25, 0.3) is 5.69 Å². The second-order valence-corrected chi connectivity index (χ2v) is 8.47. The minimum atomic E-state index is -0.695. The molecule has 1 amide bonds. The molecular weight excluding hydrogens is 528 g/mol. The number of rotatable bonds is 7. The summed E-state index contributed by atoms with van der Waals surface area (Å²) in [6.45, 7) is -0.138. The van der Waals surface area contributed by atoms with Gasteiger partial charge in [0.15, 0.2) is 12.3 Å². The molecule has 11 heteroatoms. The van der Waals surface area contributed by atoms with Gasteiger partial charge in [-0.2, -0.15) is 0 Å². The van der Waals surface area contributed by atoms with Crippen LogP contribution in [-0.2, 0) is 11.3 Å². The second-order valence-electron chi connectivity index (χ2n) is 7.14. The molecule has 1 heterocycles. The van der Waals surface area contributed by atoms with Gasteiger partial charge in [0.05, 0.1) is 17.0 Å². The van der Waals surface area contributed by atoms with Crippen molar-refractivity contribution in [3.05, 3.63) is 91.9 Å². The molecule has 172 valence electrons. The van der Waals surface area contributed by atoms with E-state index in [-0.39, 0.29) is 29.5 Å². The standard InChI is InChI=1S/C23H16BrClN4O5/c24-15-5-10-20-18(11-15)22(23(31)28(20)12-14-3-1-2-4-19(14)25)27-26-21(30)13-34-17-8-6-16(7-9-17)29(32)33/h1-11,31H,12-13H2. The van der Waals surface area contributed by atoms with Crippen molar-refractivity contribution >= 4 is 55.7 Å². The molecule has 0 atom stereocenters. The summed E-state index contributed by atoms with van der Waals surface area (Å²) in [6, 6.07) is 18.0. The predicted octanol–water partition coefficient (Wildman–Crippen LogP) is 6.41. The molecule has 0 spiro atoms. The molecule has 9 nitrogen and oxygen atoms in total. The third-order valence-electron chi connectivity index (χ3n) is 4.93. The lowest BCUT2D eigenvalue weighted by Crippen LogP contribution is -2.07. The first-order valence-electron chi connectivity index (χ1n) is 9.89. The minimum absolute atomic E-state index is 0.0896. The van der Waals surface area contributed by atoms with Crippen LogP contribution in [0.2, 0.25) is 5.02 Å². The lowest BCUT2D eigenvalue weighted by atomic mass is 10.2. The number of hydrogen-bond acceptors (Lipinski definition) is 6. The van der Waals surface area contributed by atoms with E-state index < -0.39 is 17.4 Å². The average Bonchev–Trinajstić information content (AvgIpc) is 3.07. The maximum absolute atomic E-state index is 12.2. The topological polar surface area (TPSA) is 119 Å².